The van der Waals surface area contributed by atoms with E-state index in [1.807, 2.05) is 0 Å². The van der Waals surface area contributed by atoms with Gasteiger partial charge in [-0.2, -0.15) is 5.10 Å². The van der Waals surface area contributed by atoms with Gasteiger partial charge in [0.1, 0.15) is 0 Å². The lowest BCUT2D eigenvalue weighted by molar-refractivity contribution is 0.0687. The molecule has 0 spiro atoms. The lowest BCUT2D eigenvalue weighted by atomic mass is 10.3. The first-order valence-corrected chi connectivity index (χ1v) is 5.51. The number of halogens is 2. The SMILES string of the molecule is O=Cc1cn(-c2cc(Cl)cc(Cl)c2)nc1C(=O)O. The highest BCUT2D eigenvalue weighted by atomic mass is 35.5. The van der Waals surface area contributed by atoms with Gasteiger partial charge in [0.25, 0.3) is 0 Å². The maximum atomic E-state index is 10.9. The van der Waals surface area contributed by atoms with E-state index in [1.165, 1.54) is 16.9 Å². The number of carbonyl (C=O) groups excluding carboxylic acids is 1. The molecule has 0 atom stereocenters. The van der Waals surface area contributed by atoms with E-state index in [-0.39, 0.29) is 11.3 Å². The predicted molar refractivity (Wildman–Crippen MR) is 65.9 cm³/mol. The Bertz CT molecular complexity index is 617. The van der Waals surface area contributed by atoms with E-state index in [0.717, 1.165) is 0 Å². The summed E-state index contributed by atoms with van der Waals surface area (Å²) in [6.45, 7) is 0. The summed E-state index contributed by atoms with van der Waals surface area (Å²) in [4.78, 5) is 21.6. The molecular weight excluding hydrogens is 279 g/mol. The van der Waals surface area contributed by atoms with Crippen LogP contribution in [-0.4, -0.2) is 27.1 Å². The Kier molecular flexibility index (Phi) is 3.36. The van der Waals surface area contributed by atoms with E-state index >= 15 is 0 Å². The van der Waals surface area contributed by atoms with Crippen LogP contribution >= 0.6 is 23.2 Å². The average molecular weight is 285 g/mol. The highest BCUT2D eigenvalue weighted by molar-refractivity contribution is 6.34. The fraction of sp³-hybridized carbons (Fsp3) is 0. The lowest BCUT2D eigenvalue weighted by Gasteiger charge is -2.02. The molecule has 5 nitrogen and oxygen atoms in total. The van der Waals surface area contributed by atoms with Crippen LogP contribution < -0.4 is 0 Å². The number of carboxylic acid groups (broad SMARTS) is 1. The second-order valence-corrected chi connectivity index (χ2v) is 4.30. The number of aromatic nitrogens is 2. The van der Waals surface area contributed by atoms with E-state index in [1.54, 1.807) is 12.1 Å². The van der Waals surface area contributed by atoms with Crippen molar-refractivity contribution in [3.05, 3.63) is 45.7 Å². The van der Waals surface area contributed by atoms with Gasteiger partial charge in [-0.05, 0) is 18.2 Å². The van der Waals surface area contributed by atoms with Crippen LogP contribution in [0, 0.1) is 0 Å². The molecule has 1 aromatic carbocycles. The van der Waals surface area contributed by atoms with Crippen LogP contribution in [0.5, 0.6) is 0 Å². The second kappa shape index (κ2) is 4.80. The van der Waals surface area contributed by atoms with Crippen molar-refractivity contribution in [1.29, 1.82) is 0 Å². The topological polar surface area (TPSA) is 72.2 Å². The molecule has 18 heavy (non-hydrogen) atoms. The summed E-state index contributed by atoms with van der Waals surface area (Å²) in [6, 6.07) is 4.65. The third-order valence-electron chi connectivity index (χ3n) is 2.18. The minimum Gasteiger partial charge on any atom is -0.476 e. The van der Waals surface area contributed by atoms with Crippen molar-refractivity contribution < 1.29 is 14.7 Å². The number of rotatable bonds is 3. The summed E-state index contributed by atoms with van der Waals surface area (Å²) in [5.74, 6) is -1.27. The van der Waals surface area contributed by atoms with Crippen molar-refractivity contribution in [2.45, 2.75) is 0 Å². The van der Waals surface area contributed by atoms with Gasteiger partial charge in [-0.25, -0.2) is 9.48 Å². The Morgan fingerprint density at radius 3 is 2.33 bits per heavy atom. The molecule has 0 saturated heterocycles. The number of hydrogen-bond acceptors (Lipinski definition) is 3. The Morgan fingerprint density at radius 1 is 1.28 bits per heavy atom. The van der Waals surface area contributed by atoms with Crippen LogP contribution in [0.25, 0.3) is 5.69 Å². The summed E-state index contributed by atoms with van der Waals surface area (Å²) < 4.78 is 1.24. The summed E-state index contributed by atoms with van der Waals surface area (Å²) in [6.07, 6.45) is 1.73. The zero-order valence-electron chi connectivity index (χ0n) is 8.80. The van der Waals surface area contributed by atoms with Gasteiger partial charge in [0.15, 0.2) is 12.0 Å². The van der Waals surface area contributed by atoms with Crippen LogP contribution in [0.15, 0.2) is 24.4 Å². The van der Waals surface area contributed by atoms with Gasteiger partial charge in [-0.1, -0.05) is 23.2 Å². The van der Waals surface area contributed by atoms with E-state index in [2.05, 4.69) is 5.10 Å². The molecule has 0 aliphatic carbocycles. The number of benzene rings is 1. The molecule has 0 unspecified atom stereocenters. The molecule has 92 valence electrons. The first-order valence-electron chi connectivity index (χ1n) is 4.76. The molecule has 1 heterocycles. The quantitative estimate of drug-likeness (QED) is 0.880. The number of carboxylic acids is 1. The minimum absolute atomic E-state index is 0.0152. The molecule has 1 aromatic heterocycles. The Balaban J connectivity index is 2.57. The molecule has 1 N–H and O–H groups in total. The first kappa shape index (κ1) is 12.6. The molecule has 0 aliphatic heterocycles. The van der Waals surface area contributed by atoms with Crippen LogP contribution in [0.1, 0.15) is 20.8 Å². The Morgan fingerprint density at radius 2 is 1.89 bits per heavy atom. The largest absolute Gasteiger partial charge is 0.476 e. The molecule has 7 heteroatoms. The van der Waals surface area contributed by atoms with E-state index in [4.69, 9.17) is 28.3 Å². The smallest absolute Gasteiger partial charge is 0.357 e. The molecular formula is C11H6Cl2N2O3. The van der Waals surface area contributed by atoms with Crippen molar-refractivity contribution >= 4 is 35.5 Å². The van der Waals surface area contributed by atoms with Crippen LogP contribution in [0.4, 0.5) is 0 Å². The third-order valence-corrected chi connectivity index (χ3v) is 2.62. The fourth-order valence-electron chi connectivity index (χ4n) is 1.44. The number of aromatic carboxylic acids is 1. The van der Waals surface area contributed by atoms with Gasteiger partial charge in [0.05, 0.1) is 11.3 Å². The minimum atomic E-state index is -1.27. The van der Waals surface area contributed by atoms with Gasteiger partial charge < -0.3 is 5.11 Å². The van der Waals surface area contributed by atoms with E-state index < -0.39 is 5.97 Å². The summed E-state index contributed by atoms with van der Waals surface area (Å²) in [5.41, 5.74) is 0.141. The molecule has 0 radical (unpaired) electrons. The van der Waals surface area contributed by atoms with Crippen LogP contribution in [0.3, 0.4) is 0 Å². The normalized spacial score (nSPS) is 10.3. The molecule has 2 aromatic rings. The molecule has 0 fully saturated rings. The zero-order valence-corrected chi connectivity index (χ0v) is 10.3. The summed E-state index contributed by atoms with van der Waals surface area (Å²) in [7, 11) is 0. The fourth-order valence-corrected chi connectivity index (χ4v) is 1.96. The molecule has 0 bridgehead atoms. The van der Waals surface area contributed by atoms with Crippen LogP contribution in [0.2, 0.25) is 10.0 Å². The summed E-state index contributed by atoms with van der Waals surface area (Å²) in [5, 5.41) is 13.5. The van der Waals surface area contributed by atoms with Crippen molar-refractivity contribution in [3.8, 4) is 5.69 Å². The number of hydrogen-bond donors (Lipinski definition) is 1. The third kappa shape index (κ3) is 2.37. The maximum absolute atomic E-state index is 10.9. The van der Waals surface area contributed by atoms with Crippen molar-refractivity contribution in [2.24, 2.45) is 0 Å². The second-order valence-electron chi connectivity index (χ2n) is 3.43. The number of aldehydes is 1. The highest BCUT2D eigenvalue weighted by Crippen LogP contribution is 2.22. The van der Waals surface area contributed by atoms with Crippen LogP contribution in [-0.2, 0) is 0 Å². The molecule has 0 saturated carbocycles. The van der Waals surface area contributed by atoms with Gasteiger partial charge >= 0.3 is 5.97 Å². The van der Waals surface area contributed by atoms with E-state index in [9.17, 15) is 9.59 Å². The van der Waals surface area contributed by atoms with Gasteiger partial charge in [-0.3, -0.25) is 4.79 Å². The molecule has 0 aliphatic rings. The maximum Gasteiger partial charge on any atom is 0.357 e. The zero-order chi connectivity index (χ0) is 13.3. The monoisotopic (exact) mass is 284 g/mol. The number of carbonyl (C=O) groups is 2. The molecule has 0 amide bonds. The Hall–Kier alpha value is -1.85. The van der Waals surface area contributed by atoms with Gasteiger partial charge in [0, 0.05) is 16.2 Å². The van der Waals surface area contributed by atoms with E-state index in [0.29, 0.717) is 22.0 Å². The number of nitrogens with zero attached hydrogens (tertiary/aromatic N) is 2. The standard InChI is InChI=1S/C11H6Cl2N2O3/c12-7-1-8(13)3-9(2-7)15-4-6(5-16)10(14-15)11(17)18/h1-5H,(H,17,18). The lowest BCUT2D eigenvalue weighted by Crippen LogP contribution is -2.02. The van der Waals surface area contributed by atoms with Gasteiger partial charge in [0.2, 0.25) is 0 Å². The first-order chi connectivity index (χ1) is 8.51. The Labute approximate surface area is 112 Å². The summed E-state index contributed by atoms with van der Waals surface area (Å²) >= 11 is 11.7. The predicted octanol–water partition coefficient (Wildman–Crippen LogP) is 2.69. The highest BCUT2D eigenvalue weighted by Gasteiger charge is 2.16. The van der Waals surface area contributed by atoms with Crippen molar-refractivity contribution in [1.82, 2.24) is 9.78 Å². The van der Waals surface area contributed by atoms with Crippen molar-refractivity contribution in [3.63, 3.8) is 0 Å². The van der Waals surface area contributed by atoms with Crippen molar-refractivity contribution in [2.75, 3.05) is 0 Å². The van der Waals surface area contributed by atoms with Gasteiger partial charge in [-0.15, -0.1) is 0 Å². The molecule has 2 rings (SSSR count). The average Bonchev–Trinajstić information content (AvgIpc) is 2.71.